The van der Waals surface area contributed by atoms with E-state index >= 15 is 0 Å². The van der Waals surface area contributed by atoms with Gasteiger partial charge in [0.2, 0.25) is 17.7 Å². The van der Waals surface area contributed by atoms with Gasteiger partial charge in [-0.2, -0.15) is 5.26 Å². The molecule has 10 nitrogen and oxygen atoms in total. The molecule has 0 bridgehead atoms. The van der Waals surface area contributed by atoms with Crippen LogP contribution in [0, 0.1) is 17.2 Å². The predicted octanol–water partition coefficient (Wildman–Crippen LogP) is -0.159. The van der Waals surface area contributed by atoms with Crippen LogP contribution in [-0.4, -0.2) is 60.0 Å². The Labute approximate surface area is 187 Å². The van der Waals surface area contributed by atoms with Crippen molar-refractivity contribution in [1.82, 2.24) is 21.3 Å². The summed E-state index contributed by atoms with van der Waals surface area (Å²) in [5, 5.41) is 28.8. The molecule has 174 valence electrons. The quantitative estimate of drug-likeness (QED) is 0.318. The van der Waals surface area contributed by atoms with Crippen LogP contribution in [0.1, 0.15) is 44.0 Å². The van der Waals surface area contributed by atoms with E-state index in [0.29, 0.717) is 5.56 Å². The average Bonchev–Trinajstić information content (AvgIpc) is 2.75. The fourth-order valence-corrected chi connectivity index (χ4v) is 2.92. The van der Waals surface area contributed by atoms with E-state index in [0.717, 1.165) is 0 Å². The van der Waals surface area contributed by atoms with Crippen molar-refractivity contribution in [2.24, 2.45) is 5.92 Å². The zero-order valence-electron chi connectivity index (χ0n) is 18.7. The average molecular weight is 446 g/mol. The molecule has 0 aromatic heterocycles. The number of nitrogens with one attached hydrogen (secondary N) is 4. The number of aliphatic hydroxyl groups excluding tert-OH is 1. The lowest BCUT2D eigenvalue weighted by Gasteiger charge is -2.26. The summed E-state index contributed by atoms with van der Waals surface area (Å²) in [5.41, 5.74) is 0.324. The summed E-state index contributed by atoms with van der Waals surface area (Å²) >= 11 is 0. The third-order valence-corrected chi connectivity index (χ3v) is 4.60. The van der Waals surface area contributed by atoms with Gasteiger partial charge in [-0.3, -0.25) is 19.2 Å². The molecule has 1 aromatic carbocycles. The van der Waals surface area contributed by atoms with Crippen molar-refractivity contribution in [3.05, 3.63) is 35.9 Å². The van der Waals surface area contributed by atoms with Crippen LogP contribution >= 0.6 is 0 Å². The number of carbonyl (C=O) groups excluding carboxylic acids is 4. The van der Waals surface area contributed by atoms with Gasteiger partial charge in [-0.05, 0) is 31.4 Å². The number of hydrogen-bond acceptors (Lipinski definition) is 6. The molecule has 32 heavy (non-hydrogen) atoms. The van der Waals surface area contributed by atoms with Crippen LogP contribution in [0.15, 0.2) is 30.3 Å². The first-order chi connectivity index (χ1) is 15.1. The van der Waals surface area contributed by atoms with Gasteiger partial charge in [0, 0.05) is 12.6 Å². The van der Waals surface area contributed by atoms with Crippen LogP contribution in [0.4, 0.5) is 0 Å². The number of hydrogen-bond donors (Lipinski definition) is 5. The molecule has 0 aliphatic heterocycles. The van der Waals surface area contributed by atoms with Crippen LogP contribution in [-0.2, 0) is 14.4 Å². The van der Waals surface area contributed by atoms with E-state index in [1.807, 2.05) is 19.9 Å². The molecule has 10 heteroatoms. The lowest BCUT2D eigenvalue weighted by molar-refractivity contribution is -0.134. The first-order valence-electron chi connectivity index (χ1n) is 10.3. The molecule has 5 N–H and O–H groups in total. The Morgan fingerprint density at radius 3 is 2.03 bits per heavy atom. The van der Waals surface area contributed by atoms with Crippen LogP contribution < -0.4 is 21.3 Å². The second-order valence-corrected chi connectivity index (χ2v) is 7.79. The van der Waals surface area contributed by atoms with Crippen LogP contribution in [0.3, 0.4) is 0 Å². The highest BCUT2D eigenvalue weighted by Gasteiger charge is 2.31. The minimum absolute atomic E-state index is 0.00405. The lowest BCUT2D eigenvalue weighted by Crippen LogP contribution is -2.58. The van der Waals surface area contributed by atoms with E-state index in [9.17, 15) is 24.3 Å². The van der Waals surface area contributed by atoms with E-state index < -0.39 is 47.9 Å². The Morgan fingerprint density at radius 1 is 0.938 bits per heavy atom. The van der Waals surface area contributed by atoms with Crippen LogP contribution in [0.5, 0.6) is 0 Å². The van der Waals surface area contributed by atoms with E-state index in [-0.39, 0.29) is 18.8 Å². The van der Waals surface area contributed by atoms with Crippen LogP contribution in [0.2, 0.25) is 0 Å². The Bertz CT molecular complexity index is 835. The number of amides is 4. The first kappa shape index (κ1) is 26.6. The summed E-state index contributed by atoms with van der Waals surface area (Å²) in [7, 11) is 1.37. The molecule has 0 saturated heterocycles. The maximum atomic E-state index is 12.8. The van der Waals surface area contributed by atoms with Crippen LogP contribution in [0.25, 0.3) is 0 Å². The van der Waals surface area contributed by atoms with Crippen molar-refractivity contribution >= 4 is 23.6 Å². The Kier molecular flexibility index (Phi) is 10.9. The van der Waals surface area contributed by atoms with Gasteiger partial charge in [0.1, 0.15) is 18.1 Å². The maximum absolute atomic E-state index is 12.8. The molecule has 4 amide bonds. The molecule has 0 heterocycles. The zero-order chi connectivity index (χ0) is 24.3. The normalized spacial score (nSPS) is 14.3. The summed E-state index contributed by atoms with van der Waals surface area (Å²) in [6, 6.07) is 6.66. The van der Waals surface area contributed by atoms with Crippen molar-refractivity contribution in [1.29, 1.82) is 5.26 Å². The second-order valence-electron chi connectivity index (χ2n) is 7.79. The fourth-order valence-electron chi connectivity index (χ4n) is 2.92. The number of likely N-dealkylation sites (N-methyl/N-ethyl adjacent to an activating group) is 1. The van der Waals surface area contributed by atoms with Gasteiger partial charge >= 0.3 is 0 Å². The van der Waals surface area contributed by atoms with Crippen molar-refractivity contribution in [2.75, 3.05) is 7.05 Å². The summed E-state index contributed by atoms with van der Waals surface area (Å²) in [6.07, 6.45) is -1.22. The van der Waals surface area contributed by atoms with E-state index in [1.54, 1.807) is 30.3 Å². The summed E-state index contributed by atoms with van der Waals surface area (Å²) in [6.45, 7) is 5.06. The number of carbonyl (C=O) groups is 4. The Hall–Kier alpha value is -3.45. The molecule has 0 fully saturated rings. The highest BCUT2D eigenvalue weighted by Crippen LogP contribution is 2.08. The summed E-state index contributed by atoms with van der Waals surface area (Å²) in [5.74, 6) is -2.47. The SMILES string of the molecule is CNC(=O)C(NC(=O)C(CC(C)C)NC(=O)C(CC#N)NC(=O)c1ccccc1)C(C)O. The van der Waals surface area contributed by atoms with Crippen molar-refractivity contribution < 1.29 is 24.3 Å². The molecule has 0 radical (unpaired) electrons. The molecule has 1 aromatic rings. The molecule has 0 saturated carbocycles. The van der Waals surface area contributed by atoms with E-state index in [1.165, 1.54) is 14.0 Å². The number of benzene rings is 1. The number of aliphatic hydroxyl groups is 1. The molecule has 0 spiro atoms. The van der Waals surface area contributed by atoms with Crippen molar-refractivity contribution in [2.45, 2.75) is 57.8 Å². The predicted molar refractivity (Wildman–Crippen MR) is 117 cm³/mol. The third-order valence-electron chi connectivity index (χ3n) is 4.60. The van der Waals surface area contributed by atoms with Gasteiger partial charge in [0.05, 0.1) is 18.6 Å². The molecular formula is C22H31N5O5. The second kappa shape index (κ2) is 13.1. The summed E-state index contributed by atoms with van der Waals surface area (Å²) < 4.78 is 0. The molecular weight excluding hydrogens is 414 g/mol. The molecule has 0 aliphatic carbocycles. The van der Waals surface area contributed by atoms with Gasteiger partial charge < -0.3 is 26.4 Å². The molecule has 4 atom stereocenters. The highest BCUT2D eigenvalue weighted by atomic mass is 16.3. The maximum Gasteiger partial charge on any atom is 0.251 e. The zero-order valence-corrected chi connectivity index (χ0v) is 18.7. The van der Waals surface area contributed by atoms with Gasteiger partial charge in [-0.25, -0.2) is 0 Å². The molecule has 4 unspecified atom stereocenters. The smallest absolute Gasteiger partial charge is 0.251 e. The van der Waals surface area contributed by atoms with Crippen molar-refractivity contribution in [3.8, 4) is 6.07 Å². The standard InChI is InChI=1S/C22H31N5O5/c1-13(2)12-17(21(31)27-18(14(3)28)22(32)24-4)26-20(30)16(10-11-23)25-19(29)15-8-6-5-7-9-15/h5-9,13-14,16-18,28H,10,12H2,1-4H3,(H,24,32)(H,25,29)(H,26,30)(H,27,31). The topological polar surface area (TPSA) is 160 Å². The number of nitrogens with zero attached hydrogens (tertiary/aromatic N) is 1. The molecule has 0 aliphatic rings. The summed E-state index contributed by atoms with van der Waals surface area (Å²) in [4.78, 5) is 50.0. The fraction of sp³-hybridized carbons (Fsp3) is 0.500. The molecule has 1 rings (SSSR count). The van der Waals surface area contributed by atoms with Gasteiger partial charge in [-0.15, -0.1) is 0 Å². The minimum Gasteiger partial charge on any atom is -0.391 e. The highest BCUT2D eigenvalue weighted by molar-refractivity contribution is 5.98. The van der Waals surface area contributed by atoms with Gasteiger partial charge in [0.25, 0.3) is 5.91 Å². The minimum atomic E-state index is -1.20. The Balaban J connectivity index is 2.97. The third kappa shape index (κ3) is 8.35. The Morgan fingerprint density at radius 2 is 1.53 bits per heavy atom. The number of rotatable bonds is 11. The largest absolute Gasteiger partial charge is 0.391 e. The van der Waals surface area contributed by atoms with Gasteiger partial charge in [0.15, 0.2) is 0 Å². The van der Waals surface area contributed by atoms with Crippen molar-refractivity contribution in [3.63, 3.8) is 0 Å². The first-order valence-corrected chi connectivity index (χ1v) is 10.3. The monoisotopic (exact) mass is 445 g/mol. The van der Waals surface area contributed by atoms with E-state index in [2.05, 4.69) is 21.3 Å². The van der Waals surface area contributed by atoms with Gasteiger partial charge in [-0.1, -0.05) is 32.0 Å². The number of nitriles is 1. The van der Waals surface area contributed by atoms with E-state index in [4.69, 9.17) is 5.26 Å². The lowest BCUT2D eigenvalue weighted by atomic mass is 10.0.